The highest BCUT2D eigenvalue weighted by Gasteiger charge is 2.31. The summed E-state index contributed by atoms with van der Waals surface area (Å²) >= 11 is 1.77. The summed E-state index contributed by atoms with van der Waals surface area (Å²) < 4.78 is 37.3. The molecule has 1 atom stereocenters. The fourth-order valence-electron chi connectivity index (χ4n) is 0.967. The van der Waals surface area contributed by atoms with Gasteiger partial charge in [-0.2, -0.15) is 13.2 Å². The minimum atomic E-state index is -4.38. The number of aromatic nitrogens is 1. The van der Waals surface area contributed by atoms with Gasteiger partial charge in [-0.3, -0.25) is 0 Å². The third-order valence-electron chi connectivity index (χ3n) is 1.73. The first-order valence-electron chi connectivity index (χ1n) is 4.45. The van der Waals surface area contributed by atoms with Crippen LogP contribution in [0.4, 0.5) is 19.0 Å². The highest BCUT2D eigenvalue weighted by Crippen LogP contribution is 2.30. The Morgan fingerprint density at radius 1 is 1.56 bits per heavy atom. The molecule has 3 nitrogen and oxygen atoms in total. The fraction of sp³-hybridized carbons (Fsp3) is 0.444. The van der Waals surface area contributed by atoms with Gasteiger partial charge in [-0.15, -0.1) is 0 Å². The van der Waals surface area contributed by atoms with Gasteiger partial charge in [0, 0.05) is 12.7 Å². The monoisotopic (exact) mass is 346 g/mol. The summed E-state index contributed by atoms with van der Waals surface area (Å²) in [5.74, 6) is 0.342. The standard InChI is InChI=1S/C9H10F3IN2O/c1-5(16)3-14-8-7(13)2-6(4-15-8)9(10,11)12/h2,4-5,16H,3H2,1H3,(H,14,15)/t5-/m0/s1. The van der Waals surface area contributed by atoms with E-state index in [-0.39, 0.29) is 6.54 Å². The number of aliphatic hydroxyl groups excluding tert-OH is 1. The van der Waals surface area contributed by atoms with Crippen molar-refractivity contribution in [3.05, 3.63) is 21.4 Å². The normalized spacial score (nSPS) is 13.6. The Bertz CT molecular complexity index is 368. The first kappa shape index (κ1) is 13.5. The second-order valence-corrected chi connectivity index (χ2v) is 4.44. The van der Waals surface area contributed by atoms with Gasteiger partial charge in [0.05, 0.1) is 15.2 Å². The highest BCUT2D eigenvalue weighted by atomic mass is 127. The van der Waals surface area contributed by atoms with Crippen molar-refractivity contribution in [1.82, 2.24) is 4.98 Å². The van der Waals surface area contributed by atoms with E-state index in [1.165, 1.54) is 0 Å². The minimum Gasteiger partial charge on any atom is -0.392 e. The zero-order valence-electron chi connectivity index (χ0n) is 8.35. The first-order valence-corrected chi connectivity index (χ1v) is 5.53. The van der Waals surface area contributed by atoms with Gasteiger partial charge in [0.25, 0.3) is 0 Å². The number of hydrogen-bond acceptors (Lipinski definition) is 3. The maximum Gasteiger partial charge on any atom is 0.417 e. The summed E-state index contributed by atoms with van der Waals surface area (Å²) in [4.78, 5) is 3.67. The van der Waals surface area contributed by atoms with Crippen molar-refractivity contribution in [3.8, 4) is 0 Å². The summed E-state index contributed by atoms with van der Waals surface area (Å²) in [7, 11) is 0. The maximum absolute atomic E-state index is 12.3. The van der Waals surface area contributed by atoms with E-state index in [0.717, 1.165) is 12.3 Å². The molecule has 0 aliphatic rings. The Morgan fingerprint density at radius 3 is 2.62 bits per heavy atom. The summed E-state index contributed by atoms with van der Waals surface area (Å²) in [5, 5.41) is 11.8. The molecule has 1 rings (SSSR count). The number of hydrogen-bond donors (Lipinski definition) is 2. The molecule has 0 fully saturated rings. The average molecular weight is 346 g/mol. The second kappa shape index (κ2) is 5.17. The summed E-state index contributed by atoms with van der Waals surface area (Å²) in [6.07, 6.45) is -4.19. The number of aliphatic hydroxyl groups is 1. The number of nitrogens with zero attached hydrogens (tertiary/aromatic N) is 1. The molecule has 0 radical (unpaired) electrons. The van der Waals surface area contributed by atoms with Gasteiger partial charge in [-0.05, 0) is 35.6 Å². The summed E-state index contributed by atoms with van der Waals surface area (Å²) in [5.41, 5.74) is -0.778. The van der Waals surface area contributed by atoms with Gasteiger partial charge in [-0.25, -0.2) is 4.98 Å². The quantitative estimate of drug-likeness (QED) is 0.827. The van der Waals surface area contributed by atoms with E-state index in [4.69, 9.17) is 5.11 Å². The van der Waals surface area contributed by atoms with E-state index in [9.17, 15) is 13.2 Å². The molecular formula is C9H10F3IN2O. The van der Waals surface area contributed by atoms with Crippen LogP contribution in [-0.4, -0.2) is 22.7 Å². The molecule has 0 unspecified atom stereocenters. The van der Waals surface area contributed by atoms with Crippen LogP contribution in [0.5, 0.6) is 0 Å². The second-order valence-electron chi connectivity index (χ2n) is 3.28. The lowest BCUT2D eigenvalue weighted by Gasteiger charge is -2.11. The van der Waals surface area contributed by atoms with Crippen LogP contribution < -0.4 is 5.32 Å². The lowest BCUT2D eigenvalue weighted by molar-refractivity contribution is -0.137. The lowest BCUT2D eigenvalue weighted by atomic mass is 10.3. The smallest absolute Gasteiger partial charge is 0.392 e. The molecule has 0 spiro atoms. The van der Waals surface area contributed by atoms with Crippen LogP contribution in [0, 0.1) is 3.57 Å². The SMILES string of the molecule is C[C@H](O)CNc1ncc(C(F)(F)F)cc1I. The van der Waals surface area contributed by atoms with Crippen molar-refractivity contribution in [2.24, 2.45) is 0 Å². The number of rotatable bonds is 3. The lowest BCUT2D eigenvalue weighted by Crippen LogP contribution is -2.17. The predicted octanol–water partition coefficient (Wildman–Crippen LogP) is 2.50. The number of halogens is 4. The van der Waals surface area contributed by atoms with E-state index in [0.29, 0.717) is 9.39 Å². The number of alkyl halides is 3. The topological polar surface area (TPSA) is 45.1 Å². The van der Waals surface area contributed by atoms with Crippen molar-refractivity contribution in [3.63, 3.8) is 0 Å². The maximum atomic E-state index is 12.3. The number of anilines is 1. The Hall–Kier alpha value is -0.570. The van der Waals surface area contributed by atoms with Crippen molar-refractivity contribution >= 4 is 28.4 Å². The molecule has 2 N–H and O–H groups in total. The first-order chi connectivity index (χ1) is 7.30. The van der Waals surface area contributed by atoms with Crippen LogP contribution in [0.1, 0.15) is 12.5 Å². The molecule has 0 bridgehead atoms. The largest absolute Gasteiger partial charge is 0.417 e. The van der Waals surface area contributed by atoms with E-state index in [2.05, 4.69) is 10.3 Å². The third-order valence-corrected chi connectivity index (χ3v) is 2.56. The molecule has 90 valence electrons. The Kier molecular flexibility index (Phi) is 4.36. The van der Waals surface area contributed by atoms with E-state index in [1.54, 1.807) is 29.5 Å². The van der Waals surface area contributed by atoms with E-state index in [1.807, 2.05) is 0 Å². The molecule has 0 aliphatic heterocycles. The molecule has 0 amide bonds. The summed E-state index contributed by atoms with van der Waals surface area (Å²) in [6, 6.07) is 1.01. The van der Waals surface area contributed by atoms with Crippen LogP contribution in [0.3, 0.4) is 0 Å². The van der Waals surface area contributed by atoms with Gasteiger partial charge in [-0.1, -0.05) is 0 Å². The van der Waals surface area contributed by atoms with Gasteiger partial charge in [0.2, 0.25) is 0 Å². The molecule has 1 aromatic heterocycles. The van der Waals surface area contributed by atoms with Crippen molar-refractivity contribution in [2.45, 2.75) is 19.2 Å². The van der Waals surface area contributed by atoms with Crippen molar-refractivity contribution < 1.29 is 18.3 Å². The molecule has 1 heterocycles. The Balaban J connectivity index is 2.84. The van der Waals surface area contributed by atoms with Crippen LogP contribution in [0.15, 0.2) is 12.3 Å². The van der Waals surface area contributed by atoms with E-state index >= 15 is 0 Å². The minimum absolute atomic E-state index is 0.244. The molecular weight excluding hydrogens is 336 g/mol. The van der Waals surface area contributed by atoms with Gasteiger partial charge in [0.15, 0.2) is 0 Å². The average Bonchev–Trinajstić information content (AvgIpc) is 2.14. The summed E-state index contributed by atoms with van der Waals surface area (Å²) in [6.45, 7) is 1.82. The van der Waals surface area contributed by atoms with Crippen LogP contribution in [0.25, 0.3) is 0 Å². The van der Waals surface area contributed by atoms with Crippen molar-refractivity contribution in [1.29, 1.82) is 0 Å². The van der Waals surface area contributed by atoms with Gasteiger partial charge < -0.3 is 10.4 Å². The molecule has 0 saturated heterocycles. The van der Waals surface area contributed by atoms with Crippen LogP contribution in [0.2, 0.25) is 0 Å². The molecule has 0 aromatic carbocycles. The molecule has 16 heavy (non-hydrogen) atoms. The van der Waals surface area contributed by atoms with Crippen LogP contribution >= 0.6 is 22.6 Å². The molecule has 1 aromatic rings. The zero-order valence-corrected chi connectivity index (χ0v) is 10.5. The molecule has 0 saturated carbocycles. The van der Waals surface area contributed by atoms with E-state index < -0.39 is 17.8 Å². The zero-order chi connectivity index (χ0) is 12.3. The molecule has 7 heteroatoms. The van der Waals surface area contributed by atoms with Crippen LogP contribution in [-0.2, 0) is 6.18 Å². The Labute approximate surface area is 104 Å². The fourth-order valence-corrected chi connectivity index (χ4v) is 1.63. The van der Waals surface area contributed by atoms with Gasteiger partial charge in [0.1, 0.15) is 5.82 Å². The predicted molar refractivity (Wildman–Crippen MR) is 62.1 cm³/mol. The third kappa shape index (κ3) is 3.78. The Morgan fingerprint density at radius 2 is 2.19 bits per heavy atom. The molecule has 0 aliphatic carbocycles. The number of pyridine rings is 1. The van der Waals surface area contributed by atoms with Crippen molar-refractivity contribution in [2.75, 3.05) is 11.9 Å². The highest BCUT2D eigenvalue weighted by molar-refractivity contribution is 14.1. The number of nitrogens with one attached hydrogen (secondary N) is 1. The van der Waals surface area contributed by atoms with Gasteiger partial charge >= 0.3 is 6.18 Å².